The Morgan fingerprint density at radius 3 is 2.12 bits per heavy atom. The van der Waals surface area contributed by atoms with Gasteiger partial charge in [0.2, 0.25) is 0 Å². The Kier molecular flexibility index (Phi) is 5.77. The Morgan fingerprint density at radius 1 is 0.794 bits per heavy atom. The van der Waals surface area contributed by atoms with Crippen LogP contribution in [-0.2, 0) is 9.53 Å². The molecule has 2 aromatic carbocycles. The predicted molar refractivity (Wildman–Crippen MR) is 120 cm³/mol. The van der Waals surface area contributed by atoms with E-state index in [-0.39, 0.29) is 34.3 Å². The number of ether oxygens (including phenoxy) is 1. The molecule has 0 saturated heterocycles. The summed E-state index contributed by atoms with van der Waals surface area (Å²) in [5, 5.41) is 49.1. The molecule has 0 saturated carbocycles. The molecule has 0 aliphatic carbocycles. The molecule has 0 unspecified atom stereocenters. The van der Waals surface area contributed by atoms with Gasteiger partial charge in [0.05, 0.1) is 17.2 Å². The van der Waals surface area contributed by atoms with Crippen molar-refractivity contribution in [2.45, 2.75) is 18.9 Å². The molecule has 1 aliphatic heterocycles. The van der Waals surface area contributed by atoms with Gasteiger partial charge in [-0.15, -0.1) is 0 Å². The summed E-state index contributed by atoms with van der Waals surface area (Å²) in [5.41, 5.74) is -0.483. The Labute approximate surface area is 192 Å². The minimum absolute atomic E-state index is 0.0199. The van der Waals surface area contributed by atoms with Crippen LogP contribution in [0, 0.1) is 0 Å². The zero-order chi connectivity index (χ0) is 24.6. The smallest absolute Gasteiger partial charge is 0.344 e. The van der Waals surface area contributed by atoms with Crippen molar-refractivity contribution in [3.63, 3.8) is 0 Å². The third-order valence-electron chi connectivity index (χ3n) is 5.33. The number of carbonyl (C=O) groups excluding carboxylic acids is 1. The van der Waals surface area contributed by atoms with Crippen molar-refractivity contribution in [1.82, 2.24) is 0 Å². The van der Waals surface area contributed by atoms with Gasteiger partial charge in [0, 0.05) is 12.1 Å². The SMILES string of the molecule is CC1=CC(=O)[C@H](c2c(O)cc(/C=C/c3ccc(O)c(O)c3)oc2=O)[C@@H](c2ccc(O)c(O)c2)O1. The number of carbonyl (C=O) groups is 1. The molecule has 0 amide bonds. The number of aromatic hydroxyl groups is 5. The van der Waals surface area contributed by atoms with E-state index in [1.807, 2.05) is 0 Å². The van der Waals surface area contributed by atoms with Gasteiger partial charge >= 0.3 is 5.63 Å². The van der Waals surface area contributed by atoms with E-state index in [4.69, 9.17) is 9.15 Å². The van der Waals surface area contributed by atoms with Crippen LogP contribution >= 0.6 is 0 Å². The lowest BCUT2D eigenvalue weighted by atomic mass is 9.84. The molecule has 2 atom stereocenters. The molecule has 5 N–H and O–H groups in total. The monoisotopic (exact) mass is 464 g/mol. The van der Waals surface area contributed by atoms with Gasteiger partial charge in [0.25, 0.3) is 0 Å². The maximum Gasteiger partial charge on any atom is 0.344 e. The van der Waals surface area contributed by atoms with Gasteiger partial charge in [-0.1, -0.05) is 18.2 Å². The third kappa shape index (κ3) is 4.31. The molecule has 4 rings (SSSR count). The lowest BCUT2D eigenvalue weighted by Gasteiger charge is -2.30. The molecule has 0 radical (unpaired) electrons. The molecule has 1 aromatic heterocycles. The van der Waals surface area contributed by atoms with Crippen LogP contribution in [0.3, 0.4) is 0 Å². The number of phenolic OH excluding ortho intramolecular Hbond substituents is 4. The highest BCUT2D eigenvalue weighted by Gasteiger charge is 2.39. The van der Waals surface area contributed by atoms with Gasteiger partial charge < -0.3 is 34.7 Å². The van der Waals surface area contributed by atoms with Gasteiger partial charge in [0.15, 0.2) is 28.8 Å². The van der Waals surface area contributed by atoms with Gasteiger partial charge in [-0.05, 0) is 48.4 Å². The van der Waals surface area contributed by atoms with Crippen LogP contribution in [0.5, 0.6) is 28.7 Å². The van der Waals surface area contributed by atoms with E-state index >= 15 is 0 Å². The van der Waals surface area contributed by atoms with E-state index in [9.17, 15) is 35.1 Å². The van der Waals surface area contributed by atoms with Crippen LogP contribution < -0.4 is 5.63 Å². The van der Waals surface area contributed by atoms with Crippen molar-refractivity contribution >= 4 is 17.9 Å². The molecule has 2 heterocycles. The predicted octanol–water partition coefficient (Wildman–Crippen LogP) is 3.67. The number of allylic oxidation sites excluding steroid dienone is 2. The lowest BCUT2D eigenvalue weighted by Crippen LogP contribution is -2.29. The highest BCUT2D eigenvalue weighted by Crippen LogP contribution is 2.43. The zero-order valence-corrected chi connectivity index (χ0v) is 17.8. The van der Waals surface area contributed by atoms with E-state index in [1.165, 1.54) is 54.6 Å². The average molecular weight is 464 g/mol. The van der Waals surface area contributed by atoms with Crippen molar-refractivity contribution in [2.24, 2.45) is 0 Å². The number of rotatable bonds is 4. The molecule has 0 bridgehead atoms. The van der Waals surface area contributed by atoms with Crippen LogP contribution in [0.1, 0.15) is 41.4 Å². The Hall–Kier alpha value is -4.66. The second-order valence-electron chi connectivity index (χ2n) is 7.74. The van der Waals surface area contributed by atoms with Crippen LogP contribution in [0.15, 0.2) is 63.5 Å². The fourth-order valence-corrected chi connectivity index (χ4v) is 3.71. The summed E-state index contributed by atoms with van der Waals surface area (Å²) in [7, 11) is 0. The number of hydrogen-bond donors (Lipinski definition) is 5. The Bertz CT molecular complexity index is 1400. The van der Waals surface area contributed by atoms with Crippen LogP contribution in [0.25, 0.3) is 12.2 Å². The van der Waals surface area contributed by atoms with Crippen molar-refractivity contribution in [2.75, 3.05) is 0 Å². The van der Waals surface area contributed by atoms with E-state index in [0.29, 0.717) is 11.1 Å². The summed E-state index contributed by atoms with van der Waals surface area (Å²) in [4.78, 5) is 25.7. The van der Waals surface area contributed by atoms with Gasteiger partial charge in [-0.3, -0.25) is 4.79 Å². The molecule has 3 aromatic rings. The average Bonchev–Trinajstić information content (AvgIpc) is 2.77. The molecule has 1 aliphatic rings. The second kappa shape index (κ2) is 8.70. The van der Waals surface area contributed by atoms with Gasteiger partial charge in [-0.2, -0.15) is 0 Å². The number of benzene rings is 2. The normalized spacial score (nSPS) is 18.0. The molecular formula is C25H20O9. The lowest BCUT2D eigenvalue weighted by molar-refractivity contribution is -0.121. The third-order valence-corrected chi connectivity index (χ3v) is 5.33. The fourth-order valence-electron chi connectivity index (χ4n) is 3.71. The first kappa shape index (κ1) is 22.5. The highest BCUT2D eigenvalue weighted by atomic mass is 16.5. The molecule has 34 heavy (non-hydrogen) atoms. The van der Waals surface area contributed by atoms with E-state index in [0.717, 1.165) is 6.07 Å². The number of hydrogen-bond acceptors (Lipinski definition) is 9. The summed E-state index contributed by atoms with van der Waals surface area (Å²) in [6.07, 6.45) is 2.99. The molecular weight excluding hydrogens is 444 g/mol. The molecule has 174 valence electrons. The maximum atomic E-state index is 12.9. The molecule has 9 heteroatoms. The first-order valence-corrected chi connectivity index (χ1v) is 10.1. The van der Waals surface area contributed by atoms with Gasteiger partial charge in [0.1, 0.15) is 17.6 Å². The molecule has 9 nitrogen and oxygen atoms in total. The molecule has 0 fully saturated rings. The van der Waals surface area contributed by atoms with E-state index in [2.05, 4.69) is 0 Å². The minimum atomic E-state index is -1.27. The summed E-state index contributed by atoms with van der Waals surface area (Å²) >= 11 is 0. The summed E-state index contributed by atoms with van der Waals surface area (Å²) in [6.45, 7) is 1.55. The van der Waals surface area contributed by atoms with Crippen LogP contribution in [0.2, 0.25) is 0 Å². The van der Waals surface area contributed by atoms with Gasteiger partial charge in [-0.25, -0.2) is 4.79 Å². The minimum Gasteiger partial charge on any atom is -0.507 e. The van der Waals surface area contributed by atoms with Crippen molar-refractivity contribution in [3.05, 3.63) is 87.2 Å². The maximum absolute atomic E-state index is 12.9. The summed E-state index contributed by atoms with van der Waals surface area (Å²) < 4.78 is 11.1. The quantitative estimate of drug-likeness (QED) is 0.363. The van der Waals surface area contributed by atoms with E-state index < -0.39 is 34.9 Å². The standard InChI is InChI=1S/C25H20O9/c1-12-8-20(30)22(24(33-12)14-4-7-17(27)19(29)10-14)23-21(31)11-15(34-25(23)32)5-2-13-3-6-16(26)18(28)9-13/h2-11,22,24,26-29,31H,1H3/b5-2+/t22-,24-/m1/s1. The zero-order valence-electron chi connectivity index (χ0n) is 17.8. The summed E-state index contributed by atoms with van der Waals surface area (Å²) in [6, 6.07) is 9.13. The summed E-state index contributed by atoms with van der Waals surface area (Å²) in [5.74, 6) is -3.42. The van der Waals surface area contributed by atoms with E-state index in [1.54, 1.807) is 6.92 Å². The number of phenols is 4. The molecule has 0 spiro atoms. The number of ketones is 1. The fraction of sp³-hybridized carbons (Fsp3) is 0.120. The van der Waals surface area contributed by atoms with Crippen molar-refractivity contribution < 1.29 is 39.5 Å². The van der Waals surface area contributed by atoms with Crippen LogP contribution in [-0.4, -0.2) is 31.3 Å². The first-order chi connectivity index (χ1) is 16.1. The largest absolute Gasteiger partial charge is 0.507 e. The van der Waals surface area contributed by atoms with Crippen LogP contribution in [0.4, 0.5) is 0 Å². The van der Waals surface area contributed by atoms with Crippen molar-refractivity contribution in [1.29, 1.82) is 0 Å². The Morgan fingerprint density at radius 2 is 1.47 bits per heavy atom. The second-order valence-corrected chi connectivity index (χ2v) is 7.74. The Balaban J connectivity index is 1.73. The first-order valence-electron chi connectivity index (χ1n) is 10.1. The van der Waals surface area contributed by atoms with Crippen molar-refractivity contribution in [3.8, 4) is 28.7 Å². The highest BCUT2D eigenvalue weighted by molar-refractivity contribution is 5.97. The topological polar surface area (TPSA) is 158 Å².